The molecule has 0 bridgehead atoms. The Labute approximate surface area is 163 Å². The van der Waals surface area contributed by atoms with Crippen LogP contribution in [-0.4, -0.2) is 29.5 Å². The number of aromatic nitrogens is 6. The van der Waals surface area contributed by atoms with Crippen molar-refractivity contribution >= 4 is 11.1 Å². The third kappa shape index (κ3) is 2.93. The number of nitrogens with zero attached hydrogens (tertiary/aromatic N) is 6. The highest BCUT2D eigenvalue weighted by molar-refractivity contribution is 5.88. The summed E-state index contributed by atoms with van der Waals surface area (Å²) in [5.74, 6) is 1.78. The zero-order valence-corrected chi connectivity index (χ0v) is 15.4. The van der Waals surface area contributed by atoms with Gasteiger partial charge in [-0.05, 0) is 49.9 Å². The number of rotatable bonds is 4. The van der Waals surface area contributed by atoms with Crippen molar-refractivity contribution in [1.82, 2.24) is 29.5 Å². The van der Waals surface area contributed by atoms with E-state index in [-0.39, 0.29) is 0 Å². The summed E-state index contributed by atoms with van der Waals surface area (Å²) in [6, 6.07) is 20.4. The van der Waals surface area contributed by atoms with Gasteiger partial charge in [0.2, 0.25) is 0 Å². The summed E-state index contributed by atoms with van der Waals surface area (Å²) in [5, 5.41) is 17.4. The van der Waals surface area contributed by atoms with E-state index in [1.807, 2.05) is 36.4 Å². The molecule has 0 fully saturated rings. The van der Waals surface area contributed by atoms with E-state index < -0.39 is 0 Å². The van der Waals surface area contributed by atoms with E-state index in [9.17, 15) is 0 Å². The van der Waals surface area contributed by atoms with Crippen LogP contribution in [0.5, 0.6) is 0 Å². The monoisotopic (exact) mass is 368 g/mol. The summed E-state index contributed by atoms with van der Waals surface area (Å²) in [7, 11) is 0. The maximum Gasteiger partial charge on any atom is 0.164 e. The lowest BCUT2D eigenvalue weighted by atomic mass is 9.90. The predicted octanol–water partition coefficient (Wildman–Crippen LogP) is 4.33. The highest BCUT2D eigenvalue weighted by Gasteiger charge is 2.24. The van der Waals surface area contributed by atoms with Crippen LogP contribution in [0.1, 0.15) is 37.3 Å². The van der Waals surface area contributed by atoms with Crippen molar-refractivity contribution in [2.45, 2.75) is 25.7 Å². The molecule has 2 aromatic heterocycles. The van der Waals surface area contributed by atoms with Crippen LogP contribution in [-0.2, 0) is 0 Å². The molecular weight excluding hydrogens is 348 g/mol. The fourth-order valence-corrected chi connectivity index (χ4v) is 3.84. The molecule has 1 aliphatic carbocycles. The lowest BCUT2D eigenvalue weighted by Crippen LogP contribution is -2.09. The van der Waals surface area contributed by atoms with Crippen LogP contribution in [0.3, 0.4) is 0 Å². The molecule has 5 rings (SSSR count). The first-order valence-corrected chi connectivity index (χ1v) is 9.55. The molecule has 6 heteroatoms. The average molecular weight is 368 g/mol. The Morgan fingerprint density at radius 2 is 1.00 bits per heavy atom. The molecule has 0 atom stereocenters. The van der Waals surface area contributed by atoms with Crippen molar-refractivity contribution in [3.63, 3.8) is 0 Å². The molecule has 138 valence electrons. The minimum atomic E-state index is 0.892. The van der Waals surface area contributed by atoms with Gasteiger partial charge in [-0.1, -0.05) is 36.4 Å². The molecule has 28 heavy (non-hydrogen) atoms. The Morgan fingerprint density at radius 3 is 1.43 bits per heavy atom. The van der Waals surface area contributed by atoms with Crippen LogP contribution < -0.4 is 0 Å². The number of para-hydroxylation sites is 2. The maximum absolute atomic E-state index is 4.48. The van der Waals surface area contributed by atoms with Crippen molar-refractivity contribution in [2.75, 3.05) is 0 Å². The molecule has 4 aromatic rings. The smallest absolute Gasteiger partial charge is 0.164 e. The Hall–Kier alpha value is -3.54. The molecule has 0 saturated heterocycles. The summed E-state index contributed by atoms with van der Waals surface area (Å²) in [6.07, 6.45) is 7.77. The summed E-state index contributed by atoms with van der Waals surface area (Å²) in [6.45, 7) is 0. The van der Waals surface area contributed by atoms with Crippen molar-refractivity contribution in [3.8, 4) is 11.4 Å². The largest absolute Gasteiger partial charge is 0.282 e. The van der Waals surface area contributed by atoms with E-state index in [4.69, 9.17) is 0 Å². The van der Waals surface area contributed by atoms with Gasteiger partial charge in [0.15, 0.2) is 11.6 Å². The number of hydrogen-bond acceptors (Lipinski definition) is 4. The van der Waals surface area contributed by atoms with Crippen LogP contribution in [0.15, 0.2) is 73.3 Å². The first-order chi connectivity index (χ1) is 13.9. The van der Waals surface area contributed by atoms with E-state index in [0.717, 1.165) is 48.7 Å². The fourth-order valence-electron chi connectivity index (χ4n) is 3.84. The molecule has 6 nitrogen and oxygen atoms in total. The lowest BCUT2D eigenvalue weighted by Gasteiger charge is -2.20. The molecule has 2 heterocycles. The van der Waals surface area contributed by atoms with Crippen LogP contribution in [0, 0.1) is 0 Å². The fraction of sp³-hybridized carbons (Fsp3) is 0.182. The molecule has 0 saturated carbocycles. The average Bonchev–Trinajstić information content (AvgIpc) is 3.45. The van der Waals surface area contributed by atoms with E-state index in [1.165, 1.54) is 11.1 Å². The molecule has 0 aliphatic heterocycles. The highest BCUT2D eigenvalue weighted by Crippen LogP contribution is 2.37. The maximum atomic E-state index is 4.48. The van der Waals surface area contributed by atoms with E-state index in [2.05, 4.69) is 53.8 Å². The van der Waals surface area contributed by atoms with Gasteiger partial charge in [-0.25, -0.2) is 0 Å². The van der Waals surface area contributed by atoms with Crippen LogP contribution in [0.2, 0.25) is 0 Å². The Bertz CT molecular complexity index is 1020. The zero-order valence-electron chi connectivity index (χ0n) is 15.4. The SMILES string of the molecule is c1ccc(-n2cnnc2C2=C(c3nncn3-c3ccccc3)CCCC2)cc1. The van der Waals surface area contributed by atoms with E-state index >= 15 is 0 Å². The van der Waals surface area contributed by atoms with Crippen LogP contribution in [0.4, 0.5) is 0 Å². The first kappa shape index (κ1) is 16.6. The van der Waals surface area contributed by atoms with Gasteiger partial charge in [0, 0.05) is 22.5 Å². The third-order valence-electron chi connectivity index (χ3n) is 5.17. The summed E-state index contributed by atoms with van der Waals surface area (Å²) < 4.78 is 4.12. The molecule has 2 aromatic carbocycles. The van der Waals surface area contributed by atoms with Gasteiger partial charge in [-0.3, -0.25) is 9.13 Å². The van der Waals surface area contributed by atoms with Crippen molar-refractivity contribution in [2.24, 2.45) is 0 Å². The minimum Gasteiger partial charge on any atom is -0.282 e. The second kappa shape index (κ2) is 7.23. The highest BCUT2D eigenvalue weighted by atomic mass is 15.3. The molecular formula is C22H20N6. The molecule has 0 radical (unpaired) electrons. The van der Waals surface area contributed by atoms with Gasteiger partial charge in [-0.15, -0.1) is 20.4 Å². The molecule has 0 spiro atoms. The molecule has 0 amide bonds. The summed E-state index contributed by atoms with van der Waals surface area (Å²) in [4.78, 5) is 0. The van der Waals surface area contributed by atoms with Gasteiger partial charge >= 0.3 is 0 Å². The Balaban J connectivity index is 1.66. The second-order valence-corrected chi connectivity index (χ2v) is 6.88. The zero-order chi connectivity index (χ0) is 18.8. The normalized spacial score (nSPS) is 14.4. The Morgan fingerprint density at radius 1 is 0.571 bits per heavy atom. The minimum absolute atomic E-state index is 0.892. The number of allylic oxidation sites excluding steroid dienone is 2. The predicted molar refractivity (Wildman–Crippen MR) is 108 cm³/mol. The van der Waals surface area contributed by atoms with Gasteiger partial charge in [-0.2, -0.15) is 0 Å². The molecule has 0 N–H and O–H groups in total. The standard InChI is InChI=1S/C22H20N6/c1-3-9-17(10-4-1)27-15-23-25-21(27)19-13-7-8-14-20(19)22-26-24-16-28(22)18-11-5-2-6-12-18/h1-6,9-12,15-16H,7-8,13-14H2. The van der Waals surface area contributed by atoms with Gasteiger partial charge < -0.3 is 0 Å². The quantitative estimate of drug-likeness (QED) is 0.538. The van der Waals surface area contributed by atoms with Crippen LogP contribution in [0.25, 0.3) is 22.5 Å². The number of hydrogen-bond donors (Lipinski definition) is 0. The summed E-state index contributed by atoms with van der Waals surface area (Å²) >= 11 is 0. The Kier molecular flexibility index (Phi) is 4.29. The second-order valence-electron chi connectivity index (χ2n) is 6.88. The van der Waals surface area contributed by atoms with Gasteiger partial charge in [0.25, 0.3) is 0 Å². The van der Waals surface area contributed by atoms with Gasteiger partial charge in [0.1, 0.15) is 12.7 Å². The van der Waals surface area contributed by atoms with Crippen LogP contribution >= 0.6 is 0 Å². The third-order valence-corrected chi connectivity index (χ3v) is 5.17. The molecule has 0 unspecified atom stereocenters. The molecule has 1 aliphatic rings. The van der Waals surface area contributed by atoms with Crippen molar-refractivity contribution in [3.05, 3.63) is 85.0 Å². The lowest BCUT2D eigenvalue weighted by molar-refractivity contribution is 0.738. The first-order valence-electron chi connectivity index (χ1n) is 9.55. The van der Waals surface area contributed by atoms with E-state index in [1.54, 1.807) is 12.7 Å². The van der Waals surface area contributed by atoms with Gasteiger partial charge in [0.05, 0.1) is 0 Å². The van der Waals surface area contributed by atoms with Crippen molar-refractivity contribution in [1.29, 1.82) is 0 Å². The number of benzene rings is 2. The van der Waals surface area contributed by atoms with E-state index in [0.29, 0.717) is 0 Å². The summed E-state index contributed by atoms with van der Waals surface area (Å²) in [5.41, 5.74) is 4.53. The topological polar surface area (TPSA) is 61.4 Å². The van der Waals surface area contributed by atoms with Crippen molar-refractivity contribution < 1.29 is 0 Å².